The van der Waals surface area contributed by atoms with Crippen molar-refractivity contribution in [2.75, 3.05) is 18.8 Å². The van der Waals surface area contributed by atoms with E-state index in [1.54, 1.807) is 6.07 Å². The van der Waals surface area contributed by atoms with Gasteiger partial charge < -0.3 is 10.6 Å². The molecule has 2 N–H and O–H groups in total. The molecule has 2 aromatic rings. The van der Waals surface area contributed by atoms with Crippen LogP contribution in [-0.4, -0.2) is 30.7 Å². The van der Waals surface area contributed by atoms with E-state index in [2.05, 4.69) is 16.7 Å². The molecule has 0 fully saturated rings. The predicted octanol–water partition coefficient (Wildman–Crippen LogP) is 3.08. The van der Waals surface area contributed by atoms with Crippen molar-refractivity contribution >= 4 is 23.6 Å². The Morgan fingerprint density at radius 2 is 1.76 bits per heavy atom. The lowest BCUT2D eigenvalue weighted by molar-refractivity contribution is -0.118. The third kappa shape index (κ3) is 5.90. The van der Waals surface area contributed by atoms with Gasteiger partial charge in [0.15, 0.2) is 0 Å². The topological polar surface area (TPSA) is 58.2 Å². The lowest BCUT2D eigenvalue weighted by Gasteiger charge is -2.09. The van der Waals surface area contributed by atoms with E-state index in [4.69, 9.17) is 0 Å². The maximum atomic E-state index is 13.5. The van der Waals surface area contributed by atoms with Crippen LogP contribution in [0.2, 0.25) is 0 Å². The molecule has 0 saturated heterocycles. The van der Waals surface area contributed by atoms with Gasteiger partial charge >= 0.3 is 0 Å². The van der Waals surface area contributed by atoms with Crippen LogP contribution in [0.1, 0.15) is 21.5 Å². The van der Waals surface area contributed by atoms with Crippen LogP contribution in [0, 0.1) is 19.7 Å². The second kappa shape index (κ2) is 9.22. The summed E-state index contributed by atoms with van der Waals surface area (Å²) in [7, 11) is 0. The van der Waals surface area contributed by atoms with Crippen molar-refractivity contribution < 1.29 is 14.0 Å². The van der Waals surface area contributed by atoms with E-state index in [-0.39, 0.29) is 18.0 Å². The fraction of sp³-hybridized carbons (Fsp3) is 0.263. The molecule has 0 aliphatic carbocycles. The minimum atomic E-state index is -0.561. The quantitative estimate of drug-likeness (QED) is 0.589. The summed E-state index contributed by atoms with van der Waals surface area (Å²) in [6, 6.07) is 11.9. The maximum absolute atomic E-state index is 13.5. The third-order valence-electron chi connectivity index (χ3n) is 3.55. The zero-order valence-electron chi connectivity index (χ0n) is 14.3. The fourth-order valence-electron chi connectivity index (χ4n) is 2.18. The number of carbonyl (C=O) groups is 2. The molecule has 6 heteroatoms. The molecular formula is C19H21FN2O2S. The highest BCUT2D eigenvalue weighted by molar-refractivity contribution is 8.00. The Morgan fingerprint density at radius 3 is 2.52 bits per heavy atom. The standard InChI is InChI=1S/C19H21FN2O2S/c1-13-7-8-14(2)17(11-13)25-12-18(23)21-9-10-22-19(24)15-5-3-4-6-16(15)20/h3-8,11H,9-10,12H2,1-2H3,(H,21,23)(H,22,24). The fourth-order valence-corrected chi connectivity index (χ4v) is 3.13. The summed E-state index contributed by atoms with van der Waals surface area (Å²) in [4.78, 5) is 24.8. The molecule has 25 heavy (non-hydrogen) atoms. The molecule has 132 valence electrons. The molecule has 0 aliphatic heterocycles. The molecule has 2 amide bonds. The van der Waals surface area contributed by atoms with Crippen molar-refractivity contribution in [2.24, 2.45) is 0 Å². The number of hydrogen-bond donors (Lipinski definition) is 2. The van der Waals surface area contributed by atoms with Gasteiger partial charge in [-0.15, -0.1) is 11.8 Å². The third-order valence-corrected chi connectivity index (χ3v) is 4.71. The molecule has 0 aliphatic rings. The second-order valence-electron chi connectivity index (χ2n) is 5.64. The Hall–Kier alpha value is -2.34. The van der Waals surface area contributed by atoms with Crippen LogP contribution in [0.3, 0.4) is 0 Å². The number of hydrogen-bond acceptors (Lipinski definition) is 3. The van der Waals surface area contributed by atoms with Gasteiger partial charge in [0.25, 0.3) is 5.91 Å². The van der Waals surface area contributed by atoms with E-state index in [0.717, 1.165) is 16.0 Å². The molecule has 0 radical (unpaired) electrons. The number of nitrogens with one attached hydrogen (secondary N) is 2. The highest BCUT2D eigenvalue weighted by Gasteiger charge is 2.10. The molecule has 0 aromatic heterocycles. The van der Waals surface area contributed by atoms with Crippen LogP contribution < -0.4 is 10.6 Å². The first-order chi connectivity index (χ1) is 12.0. The summed E-state index contributed by atoms with van der Waals surface area (Å²) in [5.74, 6) is -0.844. The van der Waals surface area contributed by atoms with Crippen molar-refractivity contribution in [3.8, 4) is 0 Å². The largest absolute Gasteiger partial charge is 0.354 e. The van der Waals surface area contributed by atoms with Gasteiger partial charge in [-0.05, 0) is 37.6 Å². The Labute approximate surface area is 151 Å². The zero-order valence-corrected chi connectivity index (χ0v) is 15.1. The van der Waals surface area contributed by atoms with Gasteiger partial charge in [0.05, 0.1) is 11.3 Å². The summed E-state index contributed by atoms with van der Waals surface area (Å²) in [5, 5.41) is 5.33. The second-order valence-corrected chi connectivity index (χ2v) is 6.66. The lowest BCUT2D eigenvalue weighted by Crippen LogP contribution is -2.35. The van der Waals surface area contributed by atoms with Crippen molar-refractivity contribution in [2.45, 2.75) is 18.7 Å². The molecule has 0 saturated carbocycles. The first kappa shape index (κ1) is 19.0. The number of amides is 2. The van der Waals surface area contributed by atoms with E-state index in [0.29, 0.717) is 12.3 Å². The molecule has 2 rings (SSSR count). The summed E-state index contributed by atoms with van der Waals surface area (Å²) in [6.07, 6.45) is 0. The van der Waals surface area contributed by atoms with Gasteiger partial charge in [0.2, 0.25) is 5.91 Å². The van der Waals surface area contributed by atoms with Gasteiger partial charge in [-0.2, -0.15) is 0 Å². The van der Waals surface area contributed by atoms with Crippen LogP contribution in [0.5, 0.6) is 0 Å². The minimum Gasteiger partial charge on any atom is -0.354 e. The zero-order chi connectivity index (χ0) is 18.2. The number of thioether (sulfide) groups is 1. The molecule has 0 atom stereocenters. The Bertz CT molecular complexity index is 765. The van der Waals surface area contributed by atoms with E-state index >= 15 is 0 Å². The van der Waals surface area contributed by atoms with Crippen LogP contribution in [0.4, 0.5) is 4.39 Å². The molecule has 0 spiro atoms. The normalized spacial score (nSPS) is 10.4. The Morgan fingerprint density at radius 1 is 1.04 bits per heavy atom. The highest BCUT2D eigenvalue weighted by Crippen LogP contribution is 2.23. The number of aryl methyl sites for hydroxylation is 2. The number of halogens is 1. The van der Waals surface area contributed by atoms with Gasteiger partial charge in [-0.1, -0.05) is 29.8 Å². The van der Waals surface area contributed by atoms with Crippen molar-refractivity contribution in [1.82, 2.24) is 10.6 Å². The van der Waals surface area contributed by atoms with Crippen molar-refractivity contribution in [3.05, 3.63) is 65.0 Å². The average molecular weight is 360 g/mol. The van der Waals surface area contributed by atoms with Crippen molar-refractivity contribution in [1.29, 1.82) is 0 Å². The molecular weight excluding hydrogens is 339 g/mol. The van der Waals surface area contributed by atoms with Gasteiger partial charge in [0.1, 0.15) is 5.82 Å². The van der Waals surface area contributed by atoms with Gasteiger partial charge in [-0.25, -0.2) is 4.39 Å². The first-order valence-electron chi connectivity index (χ1n) is 7.97. The molecule has 0 heterocycles. The van der Waals surface area contributed by atoms with E-state index in [1.165, 1.54) is 30.0 Å². The number of benzene rings is 2. The number of carbonyl (C=O) groups excluding carboxylic acids is 2. The molecule has 0 unspecified atom stereocenters. The monoisotopic (exact) mass is 360 g/mol. The van der Waals surface area contributed by atoms with E-state index in [9.17, 15) is 14.0 Å². The molecule has 0 bridgehead atoms. The van der Waals surface area contributed by atoms with Gasteiger partial charge in [0, 0.05) is 18.0 Å². The Kier molecular flexibility index (Phi) is 7.01. The smallest absolute Gasteiger partial charge is 0.254 e. The van der Waals surface area contributed by atoms with Crippen LogP contribution in [-0.2, 0) is 4.79 Å². The maximum Gasteiger partial charge on any atom is 0.254 e. The molecule has 4 nitrogen and oxygen atoms in total. The van der Waals surface area contributed by atoms with E-state index < -0.39 is 11.7 Å². The molecule has 2 aromatic carbocycles. The van der Waals surface area contributed by atoms with Crippen LogP contribution in [0.15, 0.2) is 47.4 Å². The van der Waals surface area contributed by atoms with Crippen LogP contribution in [0.25, 0.3) is 0 Å². The number of rotatable bonds is 7. The summed E-state index contributed by atoms with van der Waals surface area (Å²) < 4.78 is 13.5. The van der Waals surface area contributed by atoms with E-state index in [1.807, 2.05) is 26.0 Å². The predicted molar refractivity (Wildman–Crippen MR) is 98.4 cm³/mol. The SMILES string of the molecule is Cc1ccc(C)c(SCC(=O)NCCNC(=O)c2ccccc2F)c1. The van der Waals surface area contributed by atoms with Crippen molar-refractivity contribution in [3.63, 3.8) is 0 Å². The van der Waals surface area contributed by atoms with Gasteiger partial charge in [-0.3, -0.25) is 9.59 Å². The summed E-state index contributed by atoms with van der Waals surface area (Å²) in [5.41, 5.74) is 2.30. The average Bonchev–Trinajstić information content (AvgIpc) is 2.59. The summed E-state index contributed by atoms with van der Waals surface area (Å²) >= 11 is 1.48. The minimum absolute atomic E-state index is 0.000644. The lowest BCUT2D eigenvalue weighted by atomic mass is 10.2. The summed E-state index contributed by atoms with van der Waals surface area (Å²) in [6.45, 7) is 4.57. The first-order valence-corrected chi connectivity index (χ1v) is 8.95. The Balaban J connectivity index is 1.69. The highest BCUT2D eigenvalue weighted by atomic mass is 32.2. The van der Waals surface area contributed by atoms with Crippen LogP contribution >= 0.6 is 11.8 Å².